The van der Waals surface area contributed by atoms with Crippen LogP contribution >= 0.6 is 0 Å². The van der Waals surface area contributed by atoms with Crippen molar-refractivity contribution in [3.63, 3.8) is 0 Å². The maximum Gasteiger partial charge on any atom is -0.0182 e. The number of rotatable bonds is 3. The van der Waals surface area contributed by atoms with Gasteiger partial charge in [0.1, 0.15) is 0 Å². The molecule has 0 amide bonds. The second-order valence-electron chi connectivity index (χ2n) is 3.68. The summed E-state index contributed by atoms with van der Waals surface area (Å²) in [5, 5.41) is 0. The van der Waals surface area contributed by atoms with Crippen molar-refractivity contribution in [1.29, 1.82) is 0 Å². The third-order valence-corrected chi connectivity index (χ3v) is 2.20. The molecule has 0 fully saturated rings. The molecule has 88 valence electrons. The summed E-state index contributed by atoms with van der Waals surface area (Å²) in [6.45, 7) is 14.3. The molecule has 0 aliphatic heterocycles. The van der Waals surface area contributed by atoms with Gasteiger partial charge < -0.3 is 0 Å². The van der Waals surface area contributed by atoms with Gasteiger partial charge in [-0.1, -0.05) is 68.8 Å². The fraction of sp³-hybridized carbons (Fsp3) is 0.375. The molecule has 0 atom stereocenters. The Bertz CT molecular complexity index is 356. The largest absolute Gasteiger partial charge is 0.0955 e. The van der Waals surface area contributed by atoms with Crippen LogP contribution < -0.4 is 0 Å². The molecule has 16 heavy (non-hydrogen) atoms. The van der Waals surface area contributed by atoms with Crippen molar-refractivity contribution in [1.82, 2.24) is 0 Å². The molecule has 0 nitrogen and oxygen atoms in total. The van der Waals surface area contributed by atoms with Gasteiger partial charge in [0.15, 0.2) is 0 Å². The first-order valence-corrected chi connectivity index (χ1v) is 6.08. The van der Waals surface area contributed by atoms with Crippen molar-refractivity contribution < 1.29 is 0 Å². The van der Waals surface area contributed by atoms with Crippen molar-refractivity contribution >= 4 is 5.57 Å². The predicted molar refractivity (Wildman–Crippen MR) is 75.6 cm³/mol. The summed E-state index contributed by atoms with van der Waals surface area (Å²) in [5.74, 6) is 0. The molecule has 0 spiro atoms. The highest BCUT2D eigenvalue weighted by Crippen LogP contribution is 2.22. The Hall–Kier alpha value is -1.30. The molecule has 0 heteroatoms. The lowest BCUT2D eigenvalue weighted by Gasteiger charge is -2.07. The van der Waals surface area contributed by atoms with E-state index in [9.17, 15) is 0 Å². The Morgan fingerprint density at radius 1 is 1.31 bits per heavy atom. The lowest BCUT2D eigenvalue weighted by molar-refractivity contribution is 1.22. The number of hydrogen-bond donors (Lipinski definition) is 0. The van der Waals surface area contributed by atoms with Crippen molar-refractivity contribution in [2.75, 3.05) is 0 Å². The summed E-state index contributed by atoms with van der Waals surface area (Å²) in [5.41, 5.74) is 4.98. The molecule has 1 aromatic rings. The number of allylic oxidation sites excluding steroid dienone is 3. The summed E-state index contributed by atoms with van der Waals surface area (Å²) in [6.07, 6.45) is 3.28. The van der Waals surface area contributed by atoms with Gasteiger partial charge in [0.25, 0.3) is 0 Å². The first-order chi connectivity index (χ1) is 7.65. The van der Waals surface area contributed by atoms with Gasteiger partial charge in [-0.15, -0.1) is 0 Å². The minimum atomic E-state index is 1.05. The maximum absolute atomic E-state index is 4.01. The van der Waals surface area contributed by atoms with E-state index in [1.807, 2.05) is 13.8 Å². The Morgan fingerprint density at radius 3 is 2.38 bits per heavy atom. The van der Waals surface area contributed by atoms with Crippen molar-refractivity contribution in [3.05, 3.63) is 53.6 Å². The third kappa shape index (κ3) is 4.48. The lowest BCUT2D eigenvalue weighted by atomic mass is 9.98. The van der Waals surface area contributed by atoms with Crippen LogP contribution in [0.3, 0.4) is 0 Å². The highest BCUT2D eigenvalue weighted by Gasteiger charge is 2.01. The van der Waals surface area contributed by atoms with E-state index in [-0.39, 0.29) is 0 Å². The Labute approximate surface area is 101 Å². The van der Waals surface area contributed by atoms with Gasteiger partial charge in [-0.2, -0.15) is 0 Å². The molecule has 0 radical (unpaired) electrons. The minimum absolute atomic E-state index is 1.05. The van der Waals surface area contributed by atoms with Crippen LogP contribution in [0.25, 0.3) is 5.57 Å². The van der Waals surface area contributed by atoms with Crippen LogP contribution in [0, 0.1) is 6.92 Å². The summed E-state index contributed by atoms with van der Waals surface area (Å²) in [4.78, 5) is 0. The second kappa shape index (κ2) is 7.92. The van der Waals surface area contributed by atoms with Gasteiger partial charge in [0.05, 0.1) is 0 Å². The van der Waals surface area contributed by atoms with Crippen molar-refractivity contribution in [2.45, 2.75) is 41.0 Å². The quantitative estimate of drug-likeness (QED) is 0.594. The smallest absolute Gasteiger partial charge is 0.0182 e. The van der Waals surface area contributed by atoms with E-state index < -0.39 is 0 Å². The summed E-state index contributed by atoms with van der Waals surface area (Å²) < 4.78 is 0. The topological polar surface area (TPSA) is 0 Å². The van der Waals surface area contributed by atoms with Crippen LogP contribution in [0.4, 0.5) is 0 Å². The summed E-state index contributed by atoms with van der Waals surface area (Å²) in [7, 11) is 0. The van der Waals surface area contributed by atoms with Crippen LogP contribution in [0.2, 0.25) is 0 Å². The van der Waals surface area contributed by atoms with E-state index in [0.29, 0.717) is 0 Å². The monoisotopic (exact) mass is 216 g/mol. The zero-order valence-electron chi connectivity index (χ0n) is 11.3. The minimum Gasteiger partial charge on any atom is -0.0955 e. The molecule has 0 bridgehead atoms. The average Bonchev–Trinajstić information content (AvgIpc) is 2.28. The summed E-state index contributed by atoms with van der Waals surface area (Å²) in [6, 6.07) is 8.56. The number of benzene rings is 1. The Morgan fingerprint density at radius 2 is 1.94 bits per heavy atom. The molecular weight excluding hydrogens is 192 g/mol. The van der Waals surface area contributed by atoms with Crippen LogP contribution in [-0.4, -0.2) is 0 Å². The Kier molecular flexibility index (Phi) is 7.28. The van der Waals surface area contributed by atoms with Crippen molar-refractivity contribution in [2.24, 2.45) is 0 Å². The predicted octanol–water partition coefficient (Wildman–Crippen LogP) is 5.39. The summed E-state index contributed by atoms with van der Waals surface area (Å²) >= 11 is 0. The molecule has 0 aliphatic rings. The zero-order valence-corrected chi connectivity index (χ0v) is 11.3. The molecule has 0 heterocycles. The molecule has 0 N–H and O–H groups in total. The first-order valence-electron chi connectivity index (χ1n) is 6.08. The van der Waals surface area contributed by atoms with Crippen LogP contribution in [-0.2, 0) is 0 Å². The van der Waals surface area contributed by atoms with Crippen LogP contribution in [0.5, 0.6) is 0 Å². The van der Waals surface area contributed by atoms with Gasteiger partial charge in [0.2, 0.25) is 0 Å². The Balaban J connectivity index is 0.00000106. The van der Waals surface area contributed by atoms with Gasteiger partial charge in [-0.3, -0.25) is 0 Å². The molecule has 1 rings (SSSR count). The molecular formula is C16H24. The molecule has 0 saturated carbocycles. The molecule has 0 saturated heterocycles. The standard InChI is InChI=1S/C14H18.C2H6/c1-5-7-14(11(2)3)13-9-6-8-12(4)10-13;1-2/h6-10H,2,5H2,1,3-4H3;1-2H3/b14-7+;. The van der Waals surface area contributed by atoms with E-state index in [1.54, 1.807) is 0 Å². The van der Waals surface area contributed by atoms with E-state index in [0.717, 1.165) is 12.0 Å². The van der Waals surface area contributed by atoms with E-state index >= 15 is 0 Å². The van der Waals surface area contributed by atoms with Gasteiger partial charge in [-0.05, 0) is 31.4 Å². The van der Waals surface area contributed by atoms with E-state index in [1.165, 1.54) is 16.7 Å². The fourth-order valence-electron chi connectivity index (χ4n) is 1.56. The third-order valence-electron chi connectivity index (χ3n) is 2.20. The number of aryl methyl sites for hydroxylation is 1. The zero-order chi connectivity index (χ0) is 12.6. The van der Waals surface area contributed by atoms with Gasteiger partial charge in [-0.25, -0.2) is 0 Å². The highest BCUT2D eigenvalue weighted by atomic mass is 14.1. The van der Waals surface area contributed by atoms with Gasteiger partial charge in [0, 0.05) is 0 Å². The first kappa shape index (κ1) is 14.7. The van der Waals surface area contributed by atoms with Crippen LogP contribution in [0.1, 0.15) is 45.2 Å². The maximum atomic E-state index is 4.01. The van der Waals surface area contributed by atoms with Crippen molar-refractivity contribution in [3.8, 4) is 0 Å². The number of hydrogen-bond acceptors (Lipinski definition) is 0. The fourth-order valence-corrected chi connectivity index (χ4v) is 1.56. The lowest BCUT2D eigenvalue weighted by Crippen LogP contribution is -1.86. The highest BCUT2D eigenvalue weighted by molar-refractivity contribution is 5.77. The van der Waals surface area contributed by atoms with Gasteiger partial charge >= 0.3 is 0 Å². The van der Waals surface area contributed by atoms with E-state index in [4.69, 9.17) is 0 Å². The van der Waals surface area contributed by atoms with Crippen LogP contribution in [0.15, 0.2) is 42.5 Å². The molecule has 0 aromatic heterocycles. The average molecular weight is 216 g/mol. The molecule has 0 aliphatic carbocycles. The second-order valence-corrected chi connectivity index (χ2v) is 3.68. The normalized spacial score (nSPS) is 10.4. The van der Waals surface area contributed by atoms with E-state index in [2.05, 4.69) is 57.7 Å². The molecule has 0 unspecified atom stereocenters. The SMILES string of the molecule is C=C(C)/C(=C\CC)c1cccc(C)c1.CC. The molecule has 1 aromatic carbocycles.